The molecule has 1 N–H and O–H groups in total. The maximum absolute atomic E-state index is 13.4. The van der Waals surface area contributed by atoms with Crippen LogP contribution in [0.1, 0.15) is 10.4 Å². The number of rotatable bonds is 3. The Balaban J connectivity index is 2.03. The Morgan fingerprint density at radius 2 is 2.18 bits per heavy atom. The van der Waals surface area contributed by atoms with E-state index in [1.165, 1.54) is 0 Å². The van der Waals surface area contributed by atoms with Gasteiger partial charge in [-0.25, -0.2) is 9.18 Å². The number of carbonyl (C=O) groups is 1. The summed E-state index contributed by atoms with van der Waals surface area (Å²) in [6.07, 6.45) is -3.20. The summed E-state index contributed by atoms with van der Waals surface area (Å²) in [7, 11) is 0. The molecular weight excluding hydrogens is 227 g/mol. The van der Waals surface area contributed by atoms with Gasteiger partial charge in [0.2, 0.25) is 0 Å². The van der Waals surface area contributed by atoms with E-state index in [1.54, 1.807) is 30.3 Å². The summed E-state index contributed by atoms with van der Waals surface area (Å²) in [5.74, 6) is -0.609. The summed E-state index contributed by atoms with van der Waals surface area (Å²) in [5.41, 5.74) is 0.350. The summed E-state index contributed by atoms with van der Waals surface area (Å²) in [6, 6.07) is 8.32. The largest absolute Gasteiger partial charge is 0.453 e. The molecule has 4 nitrogen and oxygen atoms in total. The molecule has 92 valence electrons. The van der Waals surface area contributed by atoms with Crippen molar-refractivity contribution < 1.29 is 23.8 Å². The monoisotopic (exact) mass is 240 g/mol. The van der Waals surface area contributed by atoms with Crippen LogP contribution in [0.3, 0.4) is 0 Å². The van der Waals surface area contributed by atoms with Crippen molar-refractivity contribution in [2.45, 2.75) is 18.4 Å². The van der Waals surface area contributed by atoms with Gasteiger partial charge in [-0.3, -0.25) is 0 Å². The van der Waals surface area contributed by atoms with Gasteiger partial charge in [-0.2, -0.15) is 0 Å². The van der Waals surface area contributed by atoms with Crippen molar-refractivity contribution in [3.8, 4) is 0 Å². The molecule has 0 amide bonds. The van der Waals surface area contributed by atoms with Crippen LogP contribution in [0, 0.1) is 0 Å². The standard InChI is InChI=1S/C12H13FO4/c13-9-7-16-10(6-14)11(9)17-12(15)8-4-2-1-3-5-8/h1-5,9-11,14H,6-7H2/t9-,10+,11-/m0/s1. The van der Waals surface area contributed by atoms with Gasteiger partial charge in [0, 0.05) is 0 Å². The maximum atomic E-state index is 13.4. The topological polar surface area (TPSA) is 55.8 Å². The second-order valence-corrected chi connectivity index (χ2v) is 3.81. The van der Waals surface area contributed by atoms with E-state index in [4.69, 9.17) is 14.6 Å². The van der Waals surface area contributed by atoms with Crippen molar-refractivity contribution >= 4 is 5.97 Å². The lowest BCUT2D eigenvalue weighted by Gasteiger charge is -2.18. The molecule has 0 unspecified atom stereocenters. The maximum Gasteiger partial charge on any atom is 0.338 e. The van der Waals surface area contributed by atoms with Gasteiger partial charge in [0.1, 0.15) is 6.10 Å². The third-order valence-corrected chi connectivity index (χ3v) is 2.62. The van der Waals surface area contributed by atoms with Crippen molar-refractivity contribution in [1.82, 2.24) is 0 Å². The highest BCUT2D eigenvalue weighted by Crippen LogP contribution is 2.21. The number of halogens is 1. The quantitative estimate of drug-likeness (QED) is 0.799. The summed E-state index contributed by atoms with van der Waals surface area (Å²) >= 11 is 0. The molecule has 1 aromatic carbocycles. The Morgan fingerprint density at radius 1 is 1.47 bits per heavy atom. The number of hydrogen-bond acceptors (Lipinski definition) is 4. The molecule has 0 saturated carbocycles. The molecule has 17 heavy (non-hydrogen) atoms. The molecule has 0 spiro atoms. The fourth-order valence-corrected chi connectivity index (χ4v) is 1.71. The third-order valence-electron chi connectivity index (χ3n) is 2.62. The van der Waals surface area contributed by atoms with Crippen LogP contribution in [0.5, 0.6) is 0 Å². The number of aliphatic hydroxyl groups is 1. The van der Waals surface area contributed by atoms with Gasteiger partial charge < -0.3 is 14.6 Å². The van der Waals surface area contributed by atoms with Gasteiger partial charge in [0.15, 0.2) is 12.3 Å². The number of carbonyl (C=O) groups excluding carboxylic acids is 1. The Bertz CT molecular complexity index is 381. The summed E-state index contributed by atoms with van der Waals surface area (Å²) in [6.45, 7) is -0.523. The predicted octanol–water partition coefficient (Wildman–Crippen LogP) is 0.941. The molecule has 1 aliphatic rings. The Labute approximate surface area is 98.0 Å². The highest BCUT2D eigenvalue weighted by molar-refractivity contribution is 5.89. The Kier molecular flexibility index (Phi) is 3.71. The van der Waals surface area contributed by atoms with Gasteiger partial charge >= 0.3 is 5.97 Å². The molecule has 1 aromatic rings. The smallest absolute Gasteiger partial charge is 0.338 e. The molecule has 0 radical (unpaired) electrons. The molecule has 5 heteroatoms. The van der Waals surface area contributed by atoms with Crippen molar-refractivity contribution in [1.29, 1.82) is 0 Å². The summed E-state index contributed by atoms with van der Waals surface area (Å²) in [5, 5.41) is 8.95. The molecule has 1 fully saturated rings. The zero-order chi connectivity index (χ0) is 12.3. The SMILES string of the molecule is O=C(O[C@H]1[C@@H](F)CO[C@@H]1CO)c1ccccc1. The van der Waals surface area contributed by atoms with Crippen LogP contribution in [0.25, 0.3) is 0 Å². The predicted molar refractivity (Wildman–Crippen MR) is 57.4 cm³/mol. The number of aliphatic hydroxyl groups excluding tert-OH is 1. The third kappa shape index (κ3) is 2.62. The minimum absolute atomic E-state index is 0.155. The summed E-state index contributed by atoms with van der Waals surface area (Å²) in [4.78, 5) is 11.7. The summed E-state index contributed by atoms with van der Waals surface area (Å²) < 4.78 is 23.4. The minimum atomic E-state index is -1.39. The fourth-order valence-electron chi connectivity index (χ4n) is 1.71. The first-order valence-corrected chi connectivity index (χ1v) is 5.35. The molecule has 1 heterocycles. The van der Waals surface area contributed by atoms with Crippen molar-refractivity contribution in [2.24, 2.45) is 0 Å². The van der Waals surface area contributed by atoms with Crippen LogP contribution in [0.2, 0.25) is 0 Å². The highest BCUT2D eigenvalue weighted by atomic mass is 19.1. The average molecular weight is 240 g/mol. The number of ether oxygens (including phenoxy) is 2. The number of esters is 1. The molecule has 0 aromatic heterocycles. The molecule has 1 saturated heterocycles. The van der Waals surface area contributed by atoms with Gasteiger partial charge in [0.05, 0.1) is 18.8 Å². The first kappa shape index (κ1) is 12.0. The van der Waals surface area contributed by atoms with E-state index < -0.39 is 24.3 Å². The van der Waals surface area contributed by atoms with E-state index in [9.17, 15) is 9.18 Å². The molecule has 2 rings (SSSR count). The first-order valence-electron chi connectivity index (χ1n) is 5.35. The van der Waals surface area contributed by atoms with Gasteiger partial charge in [-0.1, -0.05) is 18.2 Å². The van der Waals surface area contributed by atoms with Crippen LogP contribution in [-0.2, 0) is 9.47 Å². The molecule has 0 aliphatic carbocycles. The van der Waals surface area contributed by atoms with Crippen molar-refractivity contribution in [2.75, 3.05) is 13.2 Å². The lowest BCUT2D eigenvalue weighted by Crippen LogP contribution is -2.35. The van der Waals surface area contributed by atoms with Crippen molar-refractivity contribution in [3.63, 3.8) is 0 Å². The number of benzene rings is 1. The van der Waals surface area contributed by atoms with Crippen LogP contribution >= 0.6 is 0 Å². The second-order valence-electron chi connectivity index (χ2n) is 3.81. The van der Waals surface area contributed by atoms with Crippen LogP contribution in [-0.4, -0.2) is 42.7 Å². The second kappa shape index (κ2) is 5.25. The normalized spacial score (nSPS) is 28.0. The first-order chi connectivity index (χ1) is 8.22. The van der Waals surface area contributed by atoms with E-state index in [0.717, 1.165) is 0 Å². The van der Waals surface area contributed by atoms with Crippen LogP contribution < -0.4 is 0 Å². The Morgan fingerprint density at radius 3 is 2.82 bits per heavy atom. The lowest BCUT2D eigenvalue weighted by atomic mass is 10.1. The Hall–Kier alpha value is -1.46. The zero-order valence-corrected chi connectivity index (χ0v) is 9.08. The van der Waals surface area contributed by atoms with E-state index in [2.05, 4.69) is 0 Å². The molecule has 0 bridgehead atoms. The van der Waals surface area contributed by atoms with E-state index >= 15 is 0 Å². The molecular formula is C12H13FO4. The molecule has 3 atom stereocenters. The van der Waals surface area contributed by atoms with Crippen molar-refractivity contribution in [3.05, 3.63) is 35.9 Å². The molecule has 1 aliphatic heterocycles. The van der Waals surface area contributed by atoms with Gasteiger partial charge in [-0.05, 0) is 12.1 Å². The van der Waals surface area contributed by atoms with E-state index in [-0.39, 0.29) is 13.2 Å². The van der Waals surface area contributed by atoms with Crippen LogP contribution in [0.4, 0.5) is 4.39 Å². The van der Waals surface area contributed by atoms with E-state index in [1.807, 2.05) is 0 Å². The number of alkyl halides is 1. The fraction of sp³-hybridized carbons (Fsp3) is 0.417. The average Bonchev–Trinajstić information content (AvgIpc) is 2.71. The van der Waals surface area contributed by atoms with Gasteiger partial charge in [0.25, 0.3) is 0 Å². The number of hydrogen-bond donors (Lipinski definition) is 1. The van der Waals surface area contributed by atoms with Gasteiger partial charge in [-0.15, -0.1) is 0 Å². The minimum Gasteiger partial charge on any atom is -0.453 e. The highest BCUT2D eigenvalue weighted by Gasteiger charge is 2.40. The lowest BCUT2D eigenvalue weighted by molar-refractivity contribution is -0.0247. The zero-order valence-electron chi connectivity index (χ0n) is 9.08. The van der Waals surface area contributed by atoms with E-state index in [0.29, 0.717) is 5.56 Å². The van der Waals surface area contributed by atoms with Crippen LogP contribution in [0.15, 0.2) is 30.3 Å².